The zero-order valence-corrected chi connectivity index (χ0v) is 9.12. The third kappa shape index (κ3) is 2.39. The fourth-order valence-electron chi connectivity index (χ4n) is 1.33. The number of hydrogen-bond acceptors (Lipinski definition) is 5. The van der Waals surface area contributed by atoms with Crippen molar-refractivity contribution >= 4 is 0 Å². The van der Waals surface area contributed by atoms with Crippen molar-refractivity contribution in [2.24, 2.45) is 0 Å². The Balaban J connectivity index is 2.53. The van der Waals surface area contributed by atoms with E-state index in [-0.39, 0.29) is 11.8 Å². The number of aromatic hydroxyl groups is 1. The summed E-state index contributed by atoms with van der Waals surface area (Å²) in [7, 11) is 1.48. The molecule has 1 aromatic carbocycles. The maximum Gasteiger partial charge on any atom is 0.316 e. The normalized spacial score (nSPS) is 9.94. The predicted molar refractivity (Wildman–Crippen MR) is 62.0 cm³/mol. The molecule has 0 spiro atoms. The van der Waals surface area contributed by atoms with Gasteiger partial charge in [0.05, 0.1) is 12.8 Å². The number of hydrogen-bond donors (Lipinski definition) is 1. The summed E-state index contributed by atoms with van der Waals surface area (Å²) in [5.41, 5.74) is 0.882. The van der Waals surface area contributed by atoms with Gasteiger partial charge in [0.2, 0.25) is 5.43 Å². The van der Waals surface area contributed by atoms with Crippen molar-refractivity contribution in [2.45, 2.75) is 0 Å². The van der Waals surface area contributed by atoms with E-state index in [0.717, 1.165) is 0 Å². The first-order chi connectivity index (χ1) is 8.20. The Morgan fingerprint density at radius 1 is 1.18 bits per heavy atom. The van der Waals surface area contributed by atoms with E-state index in [1.54, 1.807) is 24.4 Å². The summed E-state index contributed by atoms with van der Waals surface area (Å²) in [5, 5.41) is 9.28. The maximum absolute atomic E-state index is 11.2. The molecule has 0 fully saturated rings. The number of aromatic nitrogens is 2. The Morgan fingerprint density at radius 3 is 2.71 bits per heavy atom. The second-order valence-electron chi connectivity index (χ2n) is 3.30. The topological polar surface area (TPSA) is 72.3 Å². The minimum absolute atomic E-state index is 0.251. The van der Waals surface area contributed by atoms with Crippen molar-refractivity contribution in [3.63, 3.8) is 0 Å². The highest BCUT2D eigenvalue weighted by atomic mass is 16.5. The van der Waals surface area contributed by atoms with E-state index in [1.165, 1.54) is 19.2 Å². The fourth-order valence-corrected chi connectivity index (χ4v) is 1.33. The Bertz CT molecular complexity index is 599. The van der Waals surface area contributed by atoms with Gasteiger partial charge in [-0.25, -0.2) is 4.98 Å². The van der Waals surface area contributed by atoms with Crippen LogP contribution in [0.1, 0.15) is 0 Å². The van der Waals surface area contributed by atoms with Crippen molar-refractivity contribution in [1.82, 2.24) is 9.97 Å². The van der Waals surface area contributed by atoms with Gasteiger partial charge >= 0.3 is 6.01 Å². The summed E-state index contributed by atoms with van der Waals surface area (Å²) in [4.78, 5) is 19.2. The molecule has 1 aromatic heterocycles. The molecule has 0 saturated carbocycles. The third-order valence-corrected chi connectivity index (χ3v) is 2.20. The Labute approximate surface area is 97.4 Å². The lowest BCUT2D eigenvalue weighted by molar-refractivity contribution is 0.380. The molecule has 0 aliphatic heterocycles. The highest BCUT2D eigenvalue weighted by Crippen LogP contribution is 2.17. The molecule has 0 aliphatic carbocycles. The average molecular weight is 230 g/mol. The van der Waals surface area contributed by atoms with Crippen LogP contribution in [-0.2, 0) is 0 Å². The van der Waals surface area contributed by atoms with Crippen LogP contribution in [0, 0.1) is 0 Å². The second-order valence-corrected chi connectivity index (χ2v) is 3.30. The number of nitrogens with zero attached hydrogens (tertiary/aromatic N) is 2. The molecular weight excluding hydrogens is 220 g/mol. The number of ether oxygens (including phenoxy) is 1. The summed E-state index contributed by atoms with van der Waals surface area (Å²) in [5.74, 6) is -0.294. The standard InChI is InChI=1S/C12H10N2O3/c1-17-12-13-7-6-9(14-12)8-2-4-10(15)11(16)5-3-8/h2-7H,1H3,(H,15,16). The molecule has 17 heavy (non-hydrogen) atoms. The monoisotopic (exact) mass is 230 g/mol. The molecule has 5 heteroatoms. The van der Waals surface area contributed by atoms with E-state index in [0.29, 0.717) is 11.3 Å². The lowest BCUT2D eigenvalue weighted by Gasteiger charge is -2.00. The maximum atomic E-state index is 11.2. The first-order valence-electron chi connectivity index (χ1n) is 4.91. The zero-order valence-electron chi connectivity index (χ0n) is 9.12. The summed E-state index contributed by atoms with van der Waals surface area (Å²) in [6, 6.07) is 7.77. The molecule has 0 unspecified atom stereocenters. The van der Waals surface area contributed by atoms with Gasteiger partial charge in [-0.15, -0.1) is 0 Å². The molecule has 5 nitrogen and oxygen atoms in total. The van der Waals surface area contributed by atoms with Crippen LogP contribution >= 0.6 is 0 Å². The van der Waals surface area contributed by atoms with Crippen molar-refractivity contribution in [1.29, 1.82) is 0 Å². The summed E-state index contributed by atoms with van der Waals surface area (Å²) < 4.78 is 4.91. The first kappa shape index (κ1) is 11.1. The summed E-state index contributed by atoms with van der Waals surface area (Å²) in [6.45, 7) is 0. The van der Waals surface area contributed by atoms with Gasteiger partial charge in [-0.3, -0.25) is 4.79 Å². The van der Waals surface area contributed by atoms with Crippen molar-refractivity contribution in [2.75, 3.05) is 7.11 Å². The van der Waals surface area contributed by atoms with Gasteiger partial charge in [0.25, 0.3) is 0 Å². The Kier molecular flexibility index (Phi) is 3.00. The largest absolute Gasteiger partial charge is 0.504 e. The van der Waals surface area contributed by atoms with Gasteiger partial charge in [0, 0.05) is 11.8 Å². The van der Waals surface area contributed by atoms with Crippen LogP contribution in [0.15, 0.2) is 41.3 Å². The molecule has 86 valence electrons. The predicted octanol–water partition coefficient (Wildman–Crippen LogP) is 1.22. The summed E-state index contributed by atoms with van der Waals surface area (Å²) >= 11 is 0. The fraction of sp³-hybridized carbons (Fsp3) is 0.0833. The molecular formula is C12H10N2O3. The van der Waals surface area contributed by atoms with Gasteiger partial charge in [-0.2, -0.15) is 4.98 Å². The zero-order chi connectivity index (χ0) is 12.3. The van der Waals surface area contributed by atoms with Gasteiger partial charge in [0.1, 0.15) is 0 Å². The Morgan fingerprint density at radius 2 is 1.94 bits per heavy atom. The molecule has 1 N–H and O–H groups in total. The number of methoxy groups -OCH3 is 1. The van der Waals surface area contributed by atoms with Gasteiger partial charge < -0.3 is 9.84 Å². The number of rotatable bonds is 2. The van der Waals surface area contributed by atoms with E-state index < -0.39 is 5.43 Å². The lowest BCUT2D eigenvalue weighted by Crippen LogP contribution is -1.92. The van der Waals surface area contributed by atoms with Crippen LogP contribution < -0.4 is 10.2 Å². The molecule has 0 aliphatic rings. The van der Waals surface area contributed by atoms with Crippen LogP contribution in [0.5, 0.6) is 11.8 Å². The van der Waals surface area contributed by atoms with Crippen LogP contribution in [-0.4, -0.2) is 22.2 Å². The highest BCUT2D eigenvalue weighted by Gasteiger charge is 2.02. The minimum Gasteiger partial charge on any atom is -0.504 e. The third-order valence-electron chi connectivity index (χ3n) is 2.20. The molecule has 2 rings (SSSR count). The van der Waals surface area contributed by atoms with Crippen LogP contribution in [0.25, 0.3) is 11.3 Å². The minimum atomic E-state index is -0.433. The molecule has 1 heterocycles. The van der Waals surface area contributed by atoms with Crippen molar-refractivity contribution in [3.8, 4) is 23.0 Å². The van der Waals surface area contributed by atoms with Gasteiger partial charge in [-0.05, 0) is 30.3 Å². The van der Waals surface area contributed by atoms with E-state index in [2.05, 4.69) is 9.97 Å². The van der Waals surface area contributed by atoms with E-state index in [1.807, 2.05) is 0 Å². The average Bonchev–Trinajstić information content (AvgIpc) is 2.53. The highest BCUT2D eigenvalue weighted by molar-refractivity contribution is 5.58. The molecule has 0 bridgehead atoms. The van der Waals surface area contributed by atoms with Crippen LogP contribution in [0.2, 0.25) is 0 Å². The summed E-state index contributed by atoms with van der Waals surface area (Å²) in [6.07, 6.45) is 1.56. The molecule has 0 radical (unpaired) electrons. The van der Waals surface area contributed by atoms with E-state index in [4.69, 9.17) is 4.74 Å². The molecule has 0 saturated heterocycles. The van der Waals surface area contributed by atoms with Gasteiger partial charge in [0.15, 0.2) is 5.75 Å². The second kappa shape index (κ2) is 4.61. The molecule has 0 amide bonds. The molecule has 2 aromatic rings. The smallest absolute Gasteiger partial charge is 0.316 e. The van der Waals surface area contributed by atoms with Gasteiger partial charge in [-0.1, -0.05) is 0 Å². The van der Waals surface area contributed by atoms with E-state index >= 15 is 0 Å². The van der Waals surface area contributed by atoms with Crippen molar-refractivity contribution < 1.29 is 9.84 Å². The SMILES string of the molecule is COc1nccc(-c2ccc(O)c(=O)cc2)n1. The van der Waals surface area contributed by atoms with Crippen LogP contribution in [0.4, 0.5) is 0 Å². The van der Waals surface area contributed by atoms with Crippen LogP contribution in [0.3, 0.4) is 0 Å². The first-order valence-corrected chi connectivity index (χ1v) is 4.91. The van der Waals surface area contributed by atoms with E-state index in [9.17, 15) is 9.90 Å². The van der Waals surface area contributed by atoms with Crippen molar-refractivity contribution in [3.05, 3.63) is 46.8 Å². The molecule has 0 atom stereocenters. The lowest BCUT2D eigenvalue weighted by atomic mass is 10.2. The Hall–Kier alpha value is -2.43. The quantitative estimate of drug-likeness (QED) is 0.839.